The molecule has 3 heterocycles. The molecule has 4 aliphatic rings. The summed E-state index contributed by atoms with van der Waals surface area (Å²) in [5, 5.41) is 18.8. The molecule has 0 spiro atoms. The quantitative estimate of drug-likeness (QED) is 0.0691. The number of ketones is 1. The molecular formula is C40H47N5O7. The van der Waals surface area contributed by atoms with Crippen LogP contribution in [0.5, 0.6) is 5.75 Å². The zero-order chi connectivity index (χ0) is 36.8. The number of hydrogen-bond acceptors (Lipinski definition) is 9. The normalized spacial score (nSPS) is 20.8. The van der Waals surface area contributed by atoms with Gasteiger partial charge >= 0.3 is 0 Å². The number of phenolic OH excluding ortho intramolecular Hbond substituents is 1. The van der Waals surface area contributed by atoms with E-state index in [0.29, 0.717) is 13.0 Å². The molecule has 6 rings (SSSR count). The van der Waals surface area contributed by atoms with E-state index >= 15 is 0 Å². The Balaban J connectivity index is 0.797. The van der Waals surface area contributed by atoms with E-state index in [9.17, 15) is 33.9 Å². The molecule has 5 amide bonds. The van der Waals surface area contributed by atoms with Gasteiger partial charge in [-0.3, -0.25) is 39.0 Å². The number of nitrogens with zero attached hydrogens (tertiary/aromatic N) is 2. The Kier molecular flexibility index (Phi) is 11.2. The number of para-hydroxylation sites is 1. The molecule has 4 N–H and O–H groups in total. The second-order valence-electron chi connectivity index (χ2n) is 14.3. The number of piperidine rings is 2. The molecule has 0 aromatic heterocycles. The van der Waals surface area contributed by atoms with Gasteiger partial charge in [0.15, 0.2) is 5.78 Å². The number of nitrogens with one attached hydrogen (secondary N) is 3. The van der Waals surface area contributed by atoms with Crippen molar-refractivity contribution in [2.24, 2.45) is 0 Å². The minimum absolute atomic E-state index is 0.0469. The van der Waals surface area contributed by atoms with E-state index in [1.54, 1.807) is 42.6 Å². The number of fused-ring (bicyclic) bond motifs is 1. The molecule has 0 bridgehead atoms. The van der Waals surface area contributed by atoms with E-state index in [1.165, 1.54) is 17.7 Å². The van der Waals surface area contributed by atoms with Crippen LogP contribution < -0.4 is 16.0 Å². The van der Waals surface area contributed by atoms with Crippen molar-refractivity contribution in [1.82, 2.24) is 20.4 Å². The maximum absolute atomic E-state index is 13.0. The summed E-state index contributed by atoms with van der Waals surface area (Å²) >= 11 is 0. The molecule has 1 saturated heterocycles. The molecule has 0 saturated carbocycles. The lowest BCUT2D eigenvalue weighted by Gasteiger charge is -2.30. The second-order valence-corrected chi connectivity index (χ2v) is 14.3. The SMILES string of the molecule is CC1(N/C=C/C(=O)c2ccccc2O)CN(C(=O)CCCCCCCCCCCNc2ccc3c(c2)C(=O)N(C2CCC(=O)NC2=O)C3=O)C2=C1C2. The number of unbranched alkanes of at least 4 members (excludes halogenated alkanes) is 8. The highest BCUT2D eigenvalue weighted by Gasteiger charge is 2.50. The third-order valence-electron chi connectivity index (χ3n) is 10.5. The first-order valence-corrected chi connectivity index (χ1v) is 18.5. The third kappa shape index (κ3) is 8.11. The number of benzene rings is 2. The van der Waals surface area contributed by atoms with Gasteiger partial charge in [-0.2, -0.15) is 0 Å². The molecule has 52 heavy (non-hydrogen) atoms. The maximum Gasteiger partial charge on any atom is 0.262 e. The zero-order valence-electron chi connectivity index (χ0n) is 29.7. The average Bonchev–Trinajstić information content (AvgIpc) is 3.83. The monoisotopic (exact) mass is 709 g/mol. The Morgan fingerprint density at radius 2 is 1.62 bits per heavy atom. The molecule has 274 valence electrons. The highest BCUT2D eigenvalue weighted by molar-refractivity contribution is 6.23. The predicted molar refractivity (Wildman–Crippen MR) is 194 cm³/mol. The number of carbonyl (C=O) groups excluding carboxylic acids is 6. The van der Waals surface area contributed by atoms with Crippen molar-refractivity contribution in [3.8, 4) is 5.75 Å². The summed E-state index contributed by atoms with van der Waals surface area (Å²) in [7, 11) is 0. The molecule has 2 aromatic carbocycles. The molecule has 3 aliphatic heterocycles. The fraction of sp³-hybridized carbons (Fsp3) is 0.450. The molecule has 1 fully saturated rings. The molecule has 12 nitrogen and oxygen atoms in total. The Bertz CT molecular complexity index is 1830. The van der Waals surface area contributed by atoms with E-state index in [1.807, 2.05) is 4.90 Å². The van der Waals surface area contributed by atoms with E-state index in [0.717, 1.165) is 87.0 Å². The van der Waals surface area contributed by atoms with Crippen molar-refractivity contribution in [1.29, 1.82) is 0 Å². The largest absolute Gasteiger partial charge is 0.507 e. The first kappa shape index (κ1) is 36.5. The van der Waals surface area contributed by atoms with Crippen molar-refractivity contribution in [3.05, 3.63) is 82.7 Å². The van der Waals surface area contributed by atoms with E-state index < -0.39 is 29.7 Å². The third-order valence-corrected chi connectivity index (χ3v) is 10.5. The molecule has 1 aliphatic carbocycles. The van der Waals surface area contributed by atoms with Gasteiger partial charge in [0.2, 0.25) is 17.7 Å². The number of aromatic hydroxyl groups is 1. The lowest BCUT2D eigenvalue weighted by molar-refractivity contribution is -0.136. The van der Waals surface area contributed by atoms with Crippen molar-refractivity contribution >= 4 is 41.0 Å². The lowest BCUT2D eigenvalue weighted by Crippen LogP contribution is -2.54. The molecule has 12 heteroatoms. The minimum Gasteiger partial charge on any atom is -0.507 e. The topological polar surface area (TPSA) is 165 Å². The van der Waals surface area contributed by atoms with Crippen molar-refractivity contribution < 1.29 is 33.9 Å². The van der Waals surface area contributed by atoms with Gasteiger partial charge < -0.3 is 20.6 Å². The van der Waals surface area contributed by atoms with Crippen LogP contribution in [0.15, 0.2) is 66.0 Å². The highest BCUT2D eigenvalue weighted by atomic mass is 16.3. The standard InChI is InChI=1S/C40H47N5O7/c1-40(42-22-20-34(47)28-13-10-11-14-33(28)46)25-44(32-24-30(32)40)36(49)15-9-7-5-3-2-4-6-8-12-21-41-26-16-17-27-29(23-26)39(52)45(38(27)51)31-18-19-35(48)43-37(31)50/h10-11,13-14,16-17,20,22-23,31,41-42,46H,2-9,12,15,18-19,21,24-25H2,1H3,(H,43,48,50)/b22-20+. The summed E-state index contributed by atoms with van der Waals surface area (Å²) < 4.78 is 0. The first-order valence-electron chi connectivity index (χ1n) is 18.5. The summed E-state index contributed by atoms with van der Waals surface area (Å²) in [4.78, 5) is 78.0. The number of carbonyl (C=O) groups is 6. The van der Waals surface area contributed by atoms with Crippen LogP contribution in [-0.2, 0) is 14.4 Å². The molecule has 0 radical (unpaired) electrons. The van der Waals surface area contributed by atoms with Crippen LogP contribution in [0.4, 0.5) is 5.69 Å². The van der Waals surface area contributed by atoms with Gasteiger partial charge in [0.1, 0.15) is 11.8 Å². The van der Waals surface area contributed by atoms with Crippen LogP contribution in [0.25, 0.3) is 0 Å². The van der Waals surface area contributed by atoms with Gasteiger partial charge in [-0.15, -0.1) is 0 Å². The van der Waals surface area contributed by atoms with Crippen molar-refractivity contribution in [2.45, 2.75) is 102 Å². The summed E-state index contributed by atoms with van der Waals surface area (Å²) in [5.74, 6) is -2.19. The number of anilines is 1. The van der Waals surface area contributed by atoms with Crippen molar-refractivity contribution in [3.63, 3.8) is 0 Å². The summed E-state index contributed by atoms with van der Waals surface area (Å²) in [5.41, 5.74) is 3.49. The Morgan fingerprint density at radius 3 is 2.35 bits per heavy atom. The average molecular weight is 710 g/mol. The number of rotatable bonds is 18. The van der Waals surface area contributed by atoms with Crippen LogP contribution in [-0.4, -0.2) is 74.9 Å². The maximum atomic E-state index is 13.0. The van der Waals surface area contributed by atoms with Crippen LogP contribution >= 0.6 is 0 Å². The van der Waals surface area contributed by atoms with Crippen LogP contribution in [0.2, 0.25) is 0 Å². The fourth-order valence-corrected chi connectivity index (χ4v) is 7.43. The minimum atomic E-state index is -0.968. The van der Waals surface area contributed by atoms with Gasteiger partial charge in [0.05, 0.1) is 28.8 Å². The number of hydrogen-bond donors (Lipinski definition) is 4. The summed E-state index contributed by atoms with van der Waals surface area (Å²) in [6.07, 6.45) is 14.3. The van der Waals surface area contributed by atoms with Gasteiger partial charge in [-0.1, -0.05) is 57.1 Å². The Hall–Kier alpha value is -5.26. The number of imide groups is 2. The number of allylic oxidation sites excluding steroid dienone is 2. The number of phenols is 1. The lowest BCUT2D eigenvalue weighted by atomic mass is 9.98. The number of likely N-dealkylation sites (tertiary alicyclic amines) is 1. The molecule has 2 atom stereocenters. The van der Waals surface area contributed by atoms with Gasteiger partial charge in [-0.05, 0) is 62.1 Å². The van der Waals surface area contributed by atoms with Crippen LogP contribution in [0.1, 0.15) is 121 Å². The van der Waals surface area contributed by atoms with E-state index in [2.05, 4.69) is 22.9 Å². The number of amides is 5. The van der Waals surface area contributed by atoms with Gasteiger partial charge in [0, 0.05) is 49.5 Å². The Labute approximate surface area is 303 Å². The fourth-order valence-electron chi connectivity index (χ4n) is 7.43. The second kappa shape index (κ2) is 16.0. The van der Waals surface area contributed by atoms with Crippen LogP contribution in [0, 0.1) is 0 Å². The Morgan fingerprint density at radius 1 is 0.923 bits per heavy atom. The molecule has 2 unspecified atom stereocenters. The first-order chi connectivity index (χ1) is 25.1. The van der Waals surface area contributed by atoms with E-state index in [4.69, 9.17) is 0 Å². The van der Waals surface area contributed by atoms with Crippen LogP contribution in [0.3, 0.4) is 0 Å². The van der Waals surface area contributed by atoms with Crippen molar-refractivity contribution in [2.75, 3.05) is 18.4 Å². The summed E-state index contributed by atoms with van der Waals surface area (Å²) in [6.45, 7) is 3.35. The smallest absolute Gasteiger partial charge is 0.262 e. The molecule has 2 aromatic rings. The summed E-state index contributed by atoms with van der Waals surface area (Å²) in [6, 6.07) is 10.5. The van der Waals surface area contributed by atoms with E-state index in [-0.39, 0.29) is 52.5 Å². The van der Waals surface area contributed by atoms with Gasteiger partial charge in [-0.25, -0.2) is 0 Å². The highest BCUT2D eigenvalue weighted by Crippen LogP contribution is 2.49. The molecular weight excluding hydrogens is 662 g/mol. The van der Waals surface area contributed by atoms with Gasteiger partial charge in [0.25, 0.3) is 11.8 Å². The predicted octanol–water partition coefficient (Wildman–Crippen LogP) is 5.35. The zero-order valence-corrected chi connectivity index (χ0v) is 29.7.